The molecule has 2 atom stereocenters. The summed E-state index contributed by atoms with van der Waals surface area (Å²) in [6.07, 6.45) is 0.539. The summed E-state index contributed by atoms with van der Waals surface area (Å²) in [6, 6.07) is 9.89. The second-order valence-corrected chi connectivity index (χ2v) is 4.92. The molecule has 20 heavy (non-hydrogen) atoms. The van der Waals surface area contributed by atoms with Gasteiger partial charge >= 0.3 is 0 Å². The summed E-state index contributed by atoms with van der Waals surface area (Å²) in [4.78, 5) is 12.5. The van der Waals surface area contributed by atoms with Gasteiger partial charge in [0.15, 0.2) is 6.29 Å². The van der Waals surface area contributed by atoms with Gasteiger partial charge in [-0.05, 0) is 11.5 Å². The van der Waals surface area contributed by atoms with Crippen molar-refractivity contribution >= 4 is 5.91 Å². The van der Waals surface area contributed by atoms with E-state index < -0.39 is 6.29 Å². The number of carbonyl (C=O) groups is 1. The highest BCUT2D eigenvalue weighted by atomic mass is 16.7. The molecule has 0 aliphatic heterocycles. The molecule has 0 bridgehead atoms. The van der Waals surface area contributed by atoms with Gasteiger partial charge in [-0.1, -0.05) is 50.6 Å². The molecular formula is C16H25NO3. The highest BCUT2D eigenvalue weighted by Gasteiger charge is 2.26. The minimum atomic E-state index is -0.410. The zero-order chi connectivity index (χ0) is 15.0. The largest absolute Gasteiger partial charge is 0.354 e. The Labute approximate surface area is 121 Å². The molecule has 0 radical (unpaired) electrons. The van der Waals surface area contributed by atoms with Crippen LogP contribution in [0.2, 0.25) is 0 Å². The molecule has 1 N–H and O–H groups in total. The van der Waals surface area contributed by atoms with Gasteiger partial charge in [-0.25, -0.2) is 0 Å². The van der Waals surface area contributed by atoms with Crippen molar-refractivity contribution in [1.82, 2.24) is 5.32 Å². The molecule has 1 aromatic carbocycles. The number of hydrogen-bond acceptors (Lipinski definition) is 3. The molecule has 1 amide bonds. The Morgan fingerprint density at radius 2 is 1.80 bits per heavy atom. The van der Waals surface area contributed by atoms with Crippen LogP contribution in [0.3, 0.4) is 0 Å². The minimum absolute atomic E-state index is 0.0182. The molecule has 112 valence electrons. The van der Waals surface area contributed by atoms with Gasteiger partial charge in [0.25, 0.3) is 0 Å². The monoisotopic (exact) mass is 279 g/mol. The SMILES string of the molecule is CCC(C)C(C(=O)NCC(OC)OC)c1ccccc1. The first kappa shape index (κ1) is 16.7. The molecule has 0 saturated heterocycles. The van der Waals surface area contributed by atoms with Crippen LogP contribution in [0.1, 0.15) is 31.7 Å². The van der Waals surface area contributed by atoms with E-state index in [0.717, 1.165) is 12.0 Å². The third-order valence-corrected chi connectivity index (χ3v) is 3.62. The number of methoxy groups -OCH3 is 2. The van der Waals surface area contributed by atoms with Crippen molar-refractivity contribution in [2.24, 2.45) is 5.92 Å². The summed E-state index contributed by atoms with van der Waals surface area (Å²) in [6.45, 7) is 4.55. The van der Waals surface area contributed by atoms with E-state index in [1.165, 1.54) is 0 Å². The highest BCUT2D eigenvalue weighted by Crippen LogP contribution is 2.27. The highest BCUT2D eigenvalue weighted by molar-refractivity contribution is 5.83. The lowest BCUT2D eigenvalue weighted by atomic mass is 9.85. The van der Waals surface area contributed by atoms with Crippen LogP contribution >= 0.6 is 0 Å². The van der Waals surface area contributed by atoms with Gasteiger partial charge < -0.3 is 14.8 Å². The quantitative estimate of drug-likeness (QED) is 0.744. The normalized spacial score (nSPS) is 14.1. The van der Waals surface area contributed by atoms with Crippen molar-refractivity contribution in [3.05, 3.63) is 35.9 Å². The number of benzene rings is 1. The Morgan fingerprint density at radius 1 is 1.20 bits per heavy atom. The average Bonchev–Trinajstić information content (AvgIpc) is 2.49. The van der Waals surface area contributed by atoms with Crippen molar-refractivity contribution in [2.75, 3.05) is 20.8 Å². The lowest BCUT2D eigenvalue weighted by Gasteiger charge is -2.24. The third kappa shape index (κ3) is 4.62. The molecule has 0 spiro atoms. The van der Waals surface area contributed by atoms with E-state index in [9.17, 15) is 4.79 Å². The summed E-state index contributed by atoms with van der Waals surface area (Å²) in [5.41, 5.74) is 1.05. The van der Waals surface area contributed by atoms with Gasteiger partial charge in [-0.2, -0.15) is 0 Å². The van der Waals surface area contributed by atoms with E-state index in [0.29, 0.717) is 6.54 Å². The summed E-state index contributed by atoms with van der Waals surface area (Å²) in [5, 5.41) is 2.91. The second kappa shape index (κ2) is 8.72. The maximum absolute atomic E-state index is 12.5. The second-order valence-electron chi connectivity index (χ2n) is 4.92. The Balaban J connectivity index is 2.76. The maximum atomic E-state index is 12.5. The van der Waals surface area contributed by atoms with E-state index in [1.807, 2.05) is 30.3 Å². The first-order valence-electron chi connectivity index (χ1n) is 7.02. The minimum Gasteiger partial charge on any atom is -0.354 e. The lowest BCUT2D eigenvalue weighted by Crippen LogP contribution is -2.38. The molecule has 1 rings (SSSR count). The van der Waals surface area contributed by atoms with Crippen LogP contribution in [0, 0.1) is 5.92 Å². The van der Waals surface area contributed by atoms with E-state index >= 15 is 0 Å². The first-order chi connectivity index (χ1) is 9.63. The van der Waals surface area contributed by atoms with Crippen LogP contribution in [-0.4, -0.2) is 33.0 Å². The van der Waals surface area contributed by atoms with E-state index in [2.05, 4.69) is 19.2 Å². The molecule has 1 aromatic rings. The fourth-order valence-electron chi connectivity index (χ4n) is 2.19. The fourth-order valence-corrected chi connectivity index (χ4v) is 2.19. The molecule has 0 aliphatic rings. The standard InChI is InChI=1S/C16H25NO3/c1-5-12(2)15(13-9-7-6-8-10-13)16(18)17-11-14(19-3)20-4/h6-10,12,14-15H,5,11H2,1-4H3,(H,17,18). The Morgan fingerprint density at radius 3 is 2.30 bits per heavy atom. The van der Waals surface area contributed by atoms with Crippen LogP contribution in [0.5, 0.6) is 0 Å². The number of rotatable bonds is 8. The summed E-state index contributed by atoms with van der Waals surface area (Å²) < 4.78 is 10.2. The smallest absolute Gasteiger partial charge is 0.227 e. The van der Waals surface area contributed by atoms with Gasteiger partial charge in [0.1, 0.15) is 0 Å². The number of amides is 1. The summed E-state index contributed by atoms with van der Waals surface area (Å²) in [5.74, 6) is 0.154. The zero-order valence-electron chi connectivity index (χ0n) is 12.8. The topological polar surface area (TPSA) is 47.6 Å². The van der Waals surface area contributed by atoms with Gasteiger partial charge in [0, 0.05) is 14.2 Å². The summed E-state index contributed by atoms with van der Waals surface area (Å²) >= 11 is 0. The van der Waals surface area contributed by atoms with Crippen molar-refractivity contribution < 1.29 is 14.3 Å². The number of ether oxygens (including phenoxy) is 2. The van der Waals surface area contributed by atoms with Crippen LogP contribution < -0.4 is 5.32 Å². The molecule has 2 unspecified atom stereocenters. The molecule has 0 fully saturated rings. The fraction of sp³-hybridized carbons (Fsp3) is 0.562. The van der Waals surface area contributed by atoms with Crippen molar-refractivity contribution in [3.63, 3.8) is 0 Å². The molecule has 0 heterocycles. The number of hydrogen-bond donors (Lipinski definition) is 1. The van der Waals surface area contributed by atoms with Crippen LogP contribution in [0.25, 0.3) is 0 Å². The molecule has 4 heteroatoms. The van der Waals surface area contributed by atoms with E-state index in [1.54, 1.807) is 14.2 Å². The Hall–Kier alpha value is -1.39. The van der Waals surface area contributed by atoms with Crippen molar-refractivity contribution in [3.8, 4) is 0 Å². The van der Waals surface area contributed by atoms with E-state index in [-0.39, 0.29) is 17.7 Å². The first-order valence-corrected chi connectivity index (χ1v) is 7.02. The molecule has 4 nitrogen and oxygen atoms in total. The molecule has 0 aromatic heterocycles. The van der Waals surface area contributed by atoms with Gasteiger partial charge in [0.2, 0.25) is 5.91 Å². The zero-order valence-corrected chi connectivity index (χ0v) is 12.8. The maximum Gasteiger partial charge on any atom is 0.227 e. The average molecular weight is 279 g/mol. The van der Waals surface area contributed by atoms with E-state index in [4.69, 9.17) is 9.47 Å². The lowest BCUT2D eigenvalue weighted by molar-refractivity contribution is -0.129. The predicted octanol–water partition coefficient (Wildman–Crippen LogP) is 2.55. The van der Waals surface area contributed by atoms with Gasteiger partial charge in [0.05, 0.1) is 12.5 Å². The van der Waals surface area contributed by atoms with Crippen LogP contribution in [-0.2, 0) is 14.3 Å². The van der Waals surface area contributed by atoms with Crippen LogP contribution in [0.15, 0.2) is 30.3 Å². The van der Waals surface area contributed by atoms with Gasteiger partial charge in [-0.15, -0.1) is 0 Å². The predicted molar refractivity (Wildman–Crippen MR) is 79.5 cm³/mol. The number of carbonyl (C=O) groups excluding carboxylic acids is 1. The molecule has 0 saturated carbocycles. The van der Waals surface area contributed by atoms with Crippen molar-refractivity contribution in [2.45, 2.75) is 32.5 Å². The number of nitrogens with one attached hydrogen (secondary N) is 1. The Kier molecular flexibility index (Phi) is 7.26. The Bertz CT molecular complexity index is 390. The van der Waals surface area contributed by atoms with Gasteiger partial charge in [-0.3, -0.25) is 4.79 Å². The summed E-state index contributed by atoms with van der Waals surface area (Å²) in [7, 11) is 3.12. The molecular weight excluding hydrogens is 254 g/mol. The van der Waals surface area contributed by atoms with Crippen LogP contribution in [0.4, 0.5) is 0 Å². The van der Waals surface area contributed by atoms with Crippen molar-refractivity contribution in [1.29, 1.82) is 0 Å². The molecule has 0 aliphatic carbocycles. The third-order valence-electron chi connectivity index (χ3n) is 3.62.